The molecule has 3 aromatic rings. The van der Waals surface area contributed by atoms with Crippen molar-refractivity contribution in [2.24, 2.45) is 0 Å². The summed E-state index contributed by atoms with van der Waals surface area (Å²) in [6, 6.07) is 19.2. The molecule has 0 spiro atoms. The van der Waals surface area contributed by atoms with Gasteiger partial charge in [-0.25, -0.2) is 8.42 Å². The molecule has 7 heteroatoms. The van der Waals surface area contributed by atoms with Crippen molar-refractivity contribution in [2.75, 3.05) is 0 Å². The Morgan fingerprint density at radius 3 is 2.32 bits per heavy atom. The lowest BCUT2D eigenvalue weighted by Crippen LogP contribution is -2.30. The molecule has 0 aliphatic heterocycles. The van der Waals surface area contributed by atoms with Gasteiger partial charge in [-0.1, -0.05) is 52.3 Å². The van der Waals surface area contributed by atoms with Crippen LogP contribution in [-0.2, 0) is 10.0 Å². The standard InChI is InChI=1S/C18H14Br2N2O2S/c19-14-9-10-15(20)17(12-14)25(23,24)22-18(13-6-2-1-3-7-13)16-8-4-5-11-21-16/h1-12,18,22H. The van der Waals surface area contributed by atoms with Crippen LogP contribution in [0.25, 0.3) is 0 Å². The number of rotatable bonds is 5. The van der Waals surface area contributed by atoms with Gasteiger partial charge in [0.1, 0.15) is 0 Å². The summed E-state index contributed by atoms with van der Waals surface area (Å²) in [7, 11) is -3.78. The van der Waals surface area contributed by atoms with Crippen molar-refractivity contribution < 1.29 is 8.42 Å². The zero-order valence-electron chi connectivity index (χ0n) is 12.9. The third kappa shape index (κ3) is 4.36. The van der Waals surface area contributed by atoms with Crippen LogP contribution >= 0.6 is 31.9 Å². The zero-order chi connectivity index (χ0) is 17.9. The quantitative estimate of drug-likeness (QED) is 0.575. The minimum absolute atomic E-state index is 0.165. The lowest BCUT2D eigenvalue weighted by Gasteiger charge is -2.19. The maximum absolute atomic E-state index is 13.0. The first kappa shape index (κ1) is 18.3. The van der Waals surface area contributed by atoms with Gasteiger partial charge >= 0.3 is 0 Å². The third-order valence-corrected chi connectivity index (χ3v) is 6.48. The van der Waals surface area contributed by atoms with Crippen LogP contribution in [0.2, 0.25) is 0 Å². The average Bonchev–Trinajstić information content (AvgIpc) is 2.63. The van der Waals surface area contributed by atoms with Crippen LogP contribution in [0.3, 0.4) is 0 Å². The first-order valence-electron chi connectivity index (χ1n) is 7.40. The molecule has 3 rings (SSSR count). The summed E-state index contributed by atoms with van der Waals surface area (Å²) in [5.74, 6) is 0. The van der Waals surface area contributed by atoms with Gasteiger partial charge in [-0.2, -0.15) is 4.72 Å². The molecule has 0 saturated carbocycles. The van der Waals surface area contributed by atoms with E-state index in [2.05, 4.69) is 41.6 Å². The number of sulfonamides is 1. The van der Waals surface area contributed by atoms with E-state index in [4.69, 9.17) is 0 Å². The van der Waals surface area contributed by atoms with Crippen molar-refractivity contribution in [3.8, 4) is 0 Å². The van der Waals surface area contributed by atoms with Crippen molar-refractivity contribution in [2.45, 2.75) is 10.9 Å². The lowest BCUT2D eigenvalue weighted by atomic mass is 10.0. The Morgan fingerprint density at radius 1 is 0.920 bits per heavy atom. The maximum Gasteiger partial charge on any atom is 0.242 e. The molecule has 0 fully saturated rings. The first-order valence-corrected chi connectivity index (χ1v) is 10.5. The van der Waals surface area contributed by atoms with Crippen LogP contribution in [0.5, 0.6) is 0 Å². The molecule has 1 atom stereocenters. The Morgan fingerprint density at radius 2 is 1.64 bits per heavy atom. The van der Waals surface area contributed by atoms with E-state index in [1.54, 1.807) is 36.5 Å². The molecule has 25 heavy (non-hydrogen) atoms. The smallest absolute Gasteiger partial charge is 0.242 e. The average molecular weight is 482 g/mol. The summed E-state index contributed by atoms with van der Waals surface area (Å²) in [6.07, 6.45) is 1.65. The molecule has 2 aromatic carbocycles. The molecular formula is C18H14Br2N2O2S. The van der Waals surface area contributed by atoms with Crippen molar-refractivity contribution in [3.05, 3.63) is 93.1 Å². The van der Waals surface area contributed by atoms with Crippen molar-refractivity contribution >= 4 is 41.9 Å². The Hall–Kier alpha value is -1.54. The molecule has 0 saturated heterocycles. The van der Waals surface area contributed by atoms with Gasteiger partial charge in [0.05, 0.1) is 16.6 Å². The molecule has 4 nitrogen and oxygen atoms in total. The number of nitrogens with one attached hydrogen (secondary N) is 1. The SMILES string of the molecule is O=S(=O)(NC(c1ccccc1)c1ccccn1)c1cc(Br)ccc1Br. The summed E-state index contributed by atoms with van der Waals surface area (Å²) in [5.41, 5.74) is 1.44. The second-order valence-corrected chi connectivity index (χ2v) is 8.75. The number of benzene rings is 2. The third-order valence-electron chi connectivity index (χ3n) is 3.57. The van der Waals surface area contributed by atoms with Gasteiger partial charge in [-0.3, -0.25) is 4.98 Å². The van der Waals surface area contributed by atoms with Crippen molar-refractivity contribution in [3.63, 3.8) is 0 Å². The molecule has 0 aliphatic carbocycles. The van der Waals surface area contributed by atoms with Gasteiger partial charge < -0.3 is 0 Å². The van der Waals surface area contributed by atoms with Gasteiger partial charge in [0.15, 0.2) is 0 Å². The topological polar surface area (TPSA) is 59.1 Å². The van der Waals surface area contributed by atoms with Crippen LogP contribution in [0.15, 0.2) is 86.8 Å². The maximum atomic E-state index is 13.0. The molecule has 0 amide bonds. The number of halogens is 2. The van der Waals surface area contributed by atoms with Crippen LogP contribution in [-0.4, -0.2) is 13.4 Å². The van der Waals surface area contributed by atoms with E-state index < -0.39 is 16.1 Å². The lowest BCUT2D eigenvalue weighted by molar-refractivity contribution is 0.569. The highest BCUT2D eigenvalue weighted by atomic mass is 79.9. The van der Waals surface area contributed by atoms with Gasteiger partial charge in [-0.15, -0.1) is 0 Å². The van der Waals surface area contributed by atoms with Crippen LogP contribution in [0.1, 0.15) is 17.3 Å². The number of nitrogens with zero attached hydrogens (tertiary/aromatic N) is 1. The summed E-state index contributed by atoms with van der Waals surface area (Å²) in [4.78, 5) is 4.49. The highest BCUT2D eigenvalue weighted by molar-refractivity contribution is 9.11. The summed E-state index contributed by atoms with van der Waals surface area (Å²) >= 11 is 6.63. The van der Waals surface area contributed by atoms with Crippen molar-refractivity contribution in [1.29, 1.82) is 0 Å². The molecule has 1 heterocycles. The largest absolute Gasteiger partial charge is 0.259 e. The van der Waals surface area contributed by atoms with Crippen LogP contribution in [0.4, 0.5) is 0 Å². The van der Waals surface area contributed by atoms with Gasteiger partial charge in [0, 0.05) is 15.1 Å². The van der Waals surface area contributed by atoms with Crippen LogP contribution < -0.4 is 4.72 Å². The molecule has 1 N–H and O–H groups in total. The van der Waals surface area contributed by atoms with E-state index in [1.807, 2.05) is 36.4 Å². The van der Waals surface area contributed by atoms with E-state index in [0.29, 0.717) is 14.6 Å². The molecule has 1 unspecified atom stereocenters. The highest BCUT2D eigenvalue weighted by Crippen LogP contribution is 2.28. The molecule has 0 aliphatic rings. The fourth-order valence-electron chi connectivity index (χ4n) is 2.39. The van der Waals surface area contributed by atoms with Gasteiger partial charge in [-0.05, 0) is 51.8 Å². The number of pyridine rings is 1. The zero-order valence-corrected chi connectivity index (χ0v) is 16.9. The Balaban J connectivity index is 2.05. The minimum Gasteiger partial charge on any atom is -0.259 e. The monoisotopic (exact) mass is 480 g/mol. The Bertz CT molecular complexity index is 925. The normalized spacial score (nSPS) is 12.7. The van der Waals surface area contributed by atoms with E-state index >= 15 is 0 Å². The van der Waals surface area contributed by atoms with E-state index in [-0.39, 0.29) is 4.90 Å². The number of hydrogen-bond acceptors (Lipinski definition) is 3. The highest BCUT2D eigenvalue weighted by Gasteiger charge is 2.25. The molecule has 1 aromatic heterocycles. The molecular weight excluding hydrogens is 468 g/mol. The fraction of sp³-hybridized carbons (Fsp3) is 0.0556. The second-order valence-electron chi connectivity index (χ2n) is 5.29. The second kappa shape index (κ2) is 7.78. The summed E-state index contributed by atoms with van der Waals surface area (Å²) < 4.78 is 29.9. The van der Waals surface area contributed by atoms with E-state index in [0.717, 1.165) is 5.56 Å². The predicted octanol–water partition coefficient (Wildman–Crippen LogP) is 4.67. The first-order chi connectivity index (χ1) is 12.0. The number of aromatic nitrogens is 1. The van der Waals surface area contributed by atoms with E-state index in [9.17, 15) is 8.42 Å². The van der Waals surface area contributed by atoms with Crippen molar-refractivity contribution in [1.82, 2.24) is 9.71 Å². The summed E-state index contributed by atoms with van der Waals surface area (Å²) in [5, 5.41) is 0. The molecule has 128 valence electrons. The minimum atomic E-state index is -3.78. The fourth-order valence-corrected chi connectivity index (χ4v) is 5.09. The van der Waals surface area contributed by atoms with Crippen LogP contribution in [0, 0.1) is 0 Å². The molecule has 0 radical (unpaired) electrons. The number of hydrogen-bond donors (Lipinski definition) is 1. The van der Waals surface area contributed by atoms with Gasteiger partial charge in [0.25, 0.3) is 0 Å². The Kier molecular flexibility index (Phi) is 5.68. The molecule has 0 bridgehead atoms. The van der Waals surface area contributed by atoms with Gasteiger partial charge in [0.2, 0.25) is 10.0 Å². The Labute approximate surface area is 163 Å². The summed E-state index contributed by atoms with van der Waals surface area (Å²) in [6.45, 7) is 0. The van der Waals surface area contributed by atoms with E-state index in [1.165, 1.54) is 0 Å². The predicted molar refractivity (Wildman–Crippen MR) is 105 cm³/mol.